The van der Waals surface area contributed by atoms with E-state index in [0.717, 1.165) is 32.2 Å². The molecule has 2 unspecified atom stereocenters. The van der Waals surface area contributed by atoms with Gasteiger partial charge >= 0.3 is 0 Å². The van der Waals surface area contributed by atoms with Gasteiger partial charge in [0.25, 0.3) is 0 Å². The number of carbonyl (C=O) groups excluding carboxylic acids is 2. The van der Waals surface area contributed by atoms with Crippen molar-refractivity contribution in [3.8, 4) is 0 Å². The maximum atomic E-state index is 12.0. The SMILES string of the molecule is CNC(=O)C1CCCN(C(=O)CCCC(C)N)C1. The zero-order chi connectivity index (χ0) is 13.5. The highest BCUT2D eigenvalue weighted by atomic mass is 16.2. The summed E-state index contributed by atoms with van der Waals surface area (Å²) in [6, 6.07) is 0.151. The number of hydrogen-bond acceptors (Lipinski definition) is 3. The Morgan fingerprint density at radius 1 is 1.50 bits per heavy atom. The maximum Gasteiger partial charge on any atom is 0.224 e. The van der Waals surface area contributed by atoms with Gasteiger partial charge < -0.3 is 16.0 Å². The molecule has 0 radical (unpaired) electrons. The molecule has 2 amide bonds. The van der Waals surface area contributed by atoms with E-state index < -0.39 is 0 Å². The van der Waals surface area contributed by atoms with Gasteiger partial charge in [0, 0.05) is 32.6 Å². The Kier molecular flexibility index (Phi) is 6.12. The lowest BCUT2D eigenvalue weighted by Crippen LogP contribution is -2.44. The number of carbonyl (C=O) groups is 2. The average molecular weight is 255 g/mol. The fraction of sp³-hybridized carbons (Fsp3) is 0.846. The van der Waals surface area contributed by atoms with Gasteiger partial charge in [-0.2, -0.15) is 0 Å². The number of nitrogens with zero attached hydrogens (tertiary/aromatic N) is 1. The first-order chi connectivity index (χ1) is 8.54. The molecule has 1 rings (SSSR count). The van der Waals surface area contributed by atoms with Crippen LogP contribution in [0.1, 0.15) is 39.0 Å². The third-order valence-electron chi connectivity index (χ3n) is 3.44. The molecule has 0 bridgehead atoms. The molecule has 1 heterocycles. The van der Waals surface area contributed by atoms with Gasteiger partial charge in [-0.05, 0) is 32.6 Å². The first-order valence-electron chi connectivity index (χ1n) is 6.79. The molecule has 3 N–H and O–H groups in total. The second kappa shape index (κ2) is 7.36. The summed E-state index contributed by atoms with van der Waals surface area (Å²) in [6.07, 6.45) is 4.04. The Balaban J connectivity index is 2.36. The molecule has 0 saturated carbocycles. The van der Waals surface area contributed by atoms with Gasteiger partial charge in [-0.25, -0.2) is 0 Å². The molecule has 1 fully saturated rings. The van der Waals surface area contributed by atoms with Crippen LogP contribution in [0.4, 0.5) is 0 Å². The minimum absolute atomic E-state index is 0.0406. The molecule has 1 saturated heterocycles. The van der Waals surface area contributed by atoms with Crippen LogP contribution in [0.3, 0.4) is 0 Å². The molecule has 0 aromatic carbocycles. The van der Waals surface area contributed by atoms with Crippen molar-refractivity contribution in [2.45, 2.75) is 45.1 Å². The van der Waals surface area contributed by atoms with Crippen molar-refractivity contribution in [3.05, 3.63) is 0 Å². The van der Waals surface area contributed by atoms with Crippen molar-refractivity contribution in [2.24, 2.45) is 11.7 Å². The zero-order valence-electron chi connectivity index (χ0n) is 11.4. The lowest BCUT2D eigenvalue weighted by molar-refractivity contribution is -0.135. The van der Waals surface area contributed by atoms with Crippen molar-refractivity contribution >= 4 is 11.8 Å². The predicted octanol–water partition coefficient (Wildman–Crippen LogP) is 0.489. The number of rotatable bonds is 5. The van der Waals surface area contributed by atoms with Crippen molar-refractivity contribution in [2.75, 3.05) is 20.1 Å². The second-order valence-electron chi connectivity index (χ2n) is 5.16. The summed E-state index contributed by atoms with van der Waals surface area (Å²) in [4.78, 5) is 25.4. The van der Waals surface area contributed by atoms with Crippen LogP contribution in [0.25, 0.3) is 0 Å². The molecule has 1 aliphatic rings. The predicted molar refractivity (Wildman–Crippen MR) is 70.9 cm³/mol. The molecule has 5 heteroatoms. The van der Waals surface area contributed by atoms with Crippen molar-refractivity contribution in [1.29, 1.82) is 0 Å². The molecule has 1 aliphatic heterocycles. The van der Waals surface area contributed by atoms with E-state index in [4.69, 9.17) is 5.73 Å². The quantitative estimate of drug-likeness (QED) is 0.750. The Morgan fingerprint density at radius 2 is 2.22 bits per heavy atom. The zero-order valence-corrected chi connectivity index (χ0v) is 11.4. The Hall–Kier alpha value is -1.10. The van der Waals surface area contributed by atoms with Gasteiger partial charge in [0.15, 0.2) is 0 Å². The highest BCUT2D eigenvalue weighted by molar-refractivity contribution is 5.81. The normalized spacial score (nSPS) is 21.5. The summed E-state index contributed by atoms with van der Waals surface area (Å²) in [5.41, 5.74) is 5.66. The minimum Gasteiger partial charge on any atom is -0.359 e. The average Bonchev–Trinajstić information content (AvgIpc) is 2.37. The van der Waals surface area contributed by atoms with Gasteiger partial charge in [0.2, 0.25) is 11.8 Å². The lowest BCUT2D eigenvalue weighted by Gasteiger charge is -2.32. The summed E-state index contributed by atoms with van der Waals surface area (Å²) >= 11 is 0. The van der Waals surface area contributed by atoms with E-state index in [1.165, 1.54) is 0 Å². The Labute approximate surface area is 109 Å². The van der Waals surface area contributed by atoms with Crippen molar-refractivity contribution < 1.29 is 9.59 Å². The number of amides is 2. The molecule has 0 spiro atoms. The monoisotopic (exact) mass is 255 g/mol. The Morgan fingerprint density at radius 3 is 2.83 bits per heavy atom. The summed E-state index contributed by atoms with van der Waals surface area (Å²) in [6.45, 7) is 3.30. The van der Waals surface area contributed by atoms with E-state index in [-0.39, 0.29) is 23.8 Å². The van der Waals surface area contributed by atoms with Crippen molar-refractivity contribution in [1.82, 2.24) is 10.2 Å². The molecule has 104 valence electrons. The molecule has 0 aliphatic carbocycles. The molecular weight excluding hydrogens is 230 g/mol. The van der Waals surface area contributed by atoms with Crippen LogP contribution in [0.5, 0.6) is 0 Å². The number of nitrogens with one attached hydrogen (secondary N) is 1. The van der Waals surface area contributed by atoms with Gasteiger partial charge in [0.05, 0.1) is 5.92 Å². The fourth-order valence-corrected chi connectivity index (χ4v) is 2.36. The van der Waals surface area contributed by atoms with E-state index in [2.05, 4.69) is 5.32 Å². The van der Waals surface area contributed by atoms with Crippen LogP contribution >= 0.6 is 0 Å². The van der Waals surface area contributed by atoms with Crippen molar-refractivity contribution in [3.63, 3.8) is 0 Å². The lowest BCUT2D eigenvalue weighted by atomic mass is 9.96. The number of piperidine rings is 1. The first-order valence-corrected chi connectivity index (χ1v) is 6.79. The third-order valence-corrected chi connectivity index (χ3v) is 3.44. The van der Waals surface area contributed by atoms with Crippen LogP contribution in [0, 0.1) is 5.92 Å². The van der Waals surface area contributed by atoms with Gasteiger partial charge in [0.1, 0.15) is 0 Å². The standard InChI is InChI=1S/C13H25N3O2/c1-10(14)5-3-7-12(17)16-8-4-6-11(9-16)13(18)15-2/h10-11H,3-9,14H2,1-2H3,(H,15,18). The van der Waals surface area contributed by atoms with E-state index in [0.29, 0.717) is 13.0 Å². The molecule has 5 nitrogen and oxygen atoms in total. The van der Waals surface area contributed by atoms with Crippen LogP contribution < -0.4 is 11.1 Å². The molecule has 2 atom stereocenters. The van der Waals surface area contributed by atoms with E-state index in [1.54, 1.807) is 7.05 Å². The van der Waals surface area contributed by atoms with E-state index in [1.807, 2.05) is 11.8 Å². The van der Waals surface area contributed by atoms with Crippen LogP contribution in [0.15, 0.2) is 0 Å². The van der Waals surface area contributed by atoms with Crippen LogP contribution in [-0.2, 0) is 9.59 Å². The molecule has 18 heavy (non-hydrogen) atoms. The topological polar surface area (TPSA) is 75.4 Å². The summed E-state index contributed by atoms with van der Waals surface area (Å²) in [5, 5.41) is 2.66. The van der Waals surface area contributed by atoms with Gasteiger partial charge in [-0.3, -0.25) is 9.59 Å². The van der Waals surface area contributed by atoms with Gasteiger partial charge in [-0.1, -0.05) is 0 Å². The number of nitrogens with two attached hydrogens (primary N) is 1. The second-order valence-corrected chi connectivity index (χ2v) is 5.16. The summed E-state index contributed by atoms with van der Waals surface area (Å²) < 4.78 is 0. The smallest absolute Gasteiger partial charge is 0.224 e. The first kappa shape index (κ1) is 15.0. The fourth-order valence-electron chi connectivity index (χ4n) is 2.36. The minimum atomic E-state index is -0.0406. The molecular formula is C13H25N3O2. The van der Waals surface area contributed by atoms with Crippen LogP contribution in [0.2, 0.25) is 0 Å². The number of likely N-dealkylation sites (tertiary alicyclic amines) is 1. The Bertz CT molecular complexity index is 292. The summed E-state index contributed by atoms with van der Waals surface area (Å²) in [5.74, 6) is 0.161. The largest absolute Gasteiger partial charge is 0.359 e. The third kappa shape index (κ3) is 4.64. The highest BCUT2D eigenvalue weighted by Crippen LogP contribution is 2.18. The molecule has 0 aromatic heterocycles. The summed E-state index contributed by atoms with van der Waals surface area (Å²) in [7, 11) is 1.64. The van der Waals surface area contributed by atoms with Crippen LogP contribution in [-0.4, -0.2) is 42.9 Å². The maximum absolute atomic E-state index is 12.0. The number of hydrogen-bond donors (Lipinski definition) is 2. The molecule has 0 aromatic rings. The van der Waals surface area contributed by atoms with E-state index in [9.17, 15) is 9.59 Å². The van der Waals surface area contributed by atoms with Gasteiger partial charge in [-0.15, -0.1) is 0 Å². The highest BCUT2D eigenvalue weighted by Gasteiger charge is 2.27. The van der Waals surface area contributed by atoms with E-state index >= 15 is 0 Å².